The lowest BCUT2D eigenvalue weighted by Crippen LogP contribution is -2.50. The number of nitrogens with two attached hydrogens (primary N) is 1. The molecule has 1 atom stereocenters. The summed E-state index contributed by atoms with van der Waals surface area (Å²) in [5, 5.41) is 3.10. The molecule has 0 aromatic carbocycles. The summed E-state index contributed by atoms with van der Waals surface area (Å²) in [4.78, 5) is 14.4. The summed E-state index contributed by atoms with van der Waals surface area (Å²) in [5.74, 6) is 0.457. The average Bonchev–Trinajstić information content (AvgIpc) is 2.39. The number of carbonyl (C=O) groups is 1. The molecule has 1 amide bonds. The molecule has 21 heavy (non-hydrogen) atoms. The van der Waals surface area contributed by atoms with E-state index in [4.69, 9.17) is 10.5 Å². The Morgan fingerprint density at radius 3 is 2.43 bits per heavy atom. The molecule has 1 heterocycles. The van der Waals surface area contributed by atoms with Crippen LogP contribution in [0, 0.1) is 5.92 Å². The number of nitrogens with zero attached hydrogens (tertiary/aromatic N) is 1. The fraction of sp³-hybridized carbons (Fsp3) is 0.938. The normalized spacial score (nSPS) is 19.2. The number of amides is 1. The summed E-state index contributed by atoms with van der Waals surface area (Å²) in [6.07, 6.45) is 3.05. The van der Waals surface area contributed by atoms with E-state index in [-0.39, 0.29) is 18.0 Å². The van der Waals surface area contributed by atoms with Crippen LogP contribution in [-0.4, -0.2) is 55.2 Å². The van der Waals surface area contributed by atoms with Crippen molar-refractivity contribution in [3.8, 4) is 0 Å². The Labute approximate surface area is 129 Å². The summed E-state index contributed by atoms with van der Waals surface area (Å²) in [6, 6.07) is -0.0968. The van der Waals surface area contributed by atoms with Crippen LogP contribution in [0.3, 0.4) is 0 Å². The van der Waals surface area contributed by atoms with Gasteiger partial charge >= 0.3 is 0 Å². The fourth-order valence-electron chi connectivity index (χ4n) is 2.64. The van der Waals surface area contributed by atoms with Gasteiger partial charge in [-0.1, -0.05) is 13.8 Å². The molecule has 1 rings (SSSR count). The van der Waals surface area contributed by atoms with Crippen molar-refractivity contribution in [2.75, 3.05) is 26.2 Å². The van der Waals surface area contributed by atoms with Crippen LogP contribution in [0.5, 0.6) is 0 Å². The van der Waals surface area contributed by atoms with E-state index in [1.165, 1.54) is 0 Å². The van der Waals surface area contributed by atoms with Gasteiger partial charge in [-0.25, -0.2) is 0 Å². The van der Waals surface area contributed by atoms with Crippen LogP contribution in [0.25, 0.3) is 0 Å². The van der Waals surface area contributed by atoms with Crippen LogP contribution >= 0.6 is 0 Å². The van der Waals surface area contributed by atoms with Crippen molar-refractivity contribution in [1.82, 2.24) is 10.2 Å². The number of nitrogens with one attached hydrogen (secondary N) is 1. The molecule has 0 aliphatic carbocycles. The van der Waals surface area contributed by atoms with E-state index in [9.17, 15) is 4.79 Å². The van der Waals surface area contributed by atoms with Gasteiger partial charge in [0.2, 0.25) is 5.91 Å². The lowest BCUT2D eigenvalue weighted by Gasteiger charge is -2.33. The molecule has 0 radical (unpaired) electrons. The van der Waals surface area contributed by atoms with Crippen molar-refractivity contribution >= 4 is 5.91 Å². The Kier molecular flexibility index (Phi) is 8.22. The third-order valence-electron chi connectivity index (χ3n) is 3.85. The minimum Gasteiger partial charge on any atom is -0.377 e. The molecular weight excluding hydrogens is 266 g/mol. The largest absolute Gasteiger partial charge is 0.377 e. The second-order valence-corrected chi connectivity index (χ2v) is 6.78. The second-order valence-electron chi connectivity index (χ2n) is 6.78. The summed E-state index contributed by atoms with van der Waals surface area (Å²) in [7, 11) is 0. The van der Waals surface area contributed by atoms with Crippen LogP contribution in [0.1, 0.15) is 47.0 Å². The van der Waals surface area contributed by atoms with Gasteiger partial charge in [0.05, 0.1) is 18.8 Å². The molecule has 5 heteroatoms. The van der Waals surface area contributed by atoms with Gasteiger partial charge in [-0.2, -0.15) is 0 Å². The molecule has 1 fully saturated rings. The first-order chi connectivity index (χ1) is 9.88. The van der Waals surface area contributed by atoms with Crippen LogP contribution in [-0.2, 0) is 9.53 Å². The SMILES string of the molecule is CC(C)C[C@H](N)C(=O)NC1CCN(CCOC(C)C)CC1. The molecular formula is C16H33N3O2. The van der Waals surface area contributed by atoms with Crippen molar-refractivity contribution in [2.24, 2.45) is 11.7 Å². The predicted octanol–water partition coefficient (Wildman–Crippen LogP) is 1.37. The third kappa shape index (κ3) is 7.79. The summed E-state index contributed by atoms with van der Waals surface area (Å²) in [5.41, 5.74) is 5.92. The van der Waals surface area contributed by atoms with Gasteiger partial charge in [-0.05, 0) is 39.0 Å². The van der Waals surface area contributed by atoms with E-state index in [1.54, 1.807) is 0 Å². The molecule has 0 unspecified atom stereocenters. The quantitative estimate of drug-likeness (QED) is 0.710. The number of carbonyl (C=O) groups excluding carboxylic acids is 1. The number of ether oxygens (including phenoxy) is 1. The number of hydrogen-bond donors (Lipinski definition) is 2. The molecule has 1 aliphatic heterocycles. The van der Waals surface area contributed by atoms with Gasteiger partial charge in [0.25, 0.3) is 0 Å². The minimum atomic E-state index is -0.373. The van der Waals surface area contributed by atoms with Crippen LogP contribution in [0.2, 0.25) is 0 Å². The average molecular weight is 299 g/mol. The van der Waals surface area contributed by atoms with E-state index in [2.05, 4.69) is 37.9 Å². The Morgan fingerprint density at radius 2 is 1.90 bits per heavy atom. The van der Waals surface area contributed by atoms with E-state index in [1.807, 2.05) is 0 Å². The zero-order valence-corrected chi connectivity index (χ0v) is 14.1. The Bertz CT molecular complexity index is 300. The van der Waals surface area contributed by atoms with E-state index >= 15 is 0 Å². The summed E-state index contributed by atoms with van der Waals surface area (Å²) >= 11 is 0. The predicted molar refractivity (Wildman–Crippen MR) is 86.1 cm³/mol. The number of piperidine rings is 1. The zero-order valence-electron chi connectivity index (χ0n) is 14.1. The van der Waals surface area contributed by atoms with Crippen LogP contribution < -0.4 is 11.1 Å². The summed E-state index contributed by atoms with van der Waals surface area (Å²) < 4.78 is 5.58. The van der Waals surface area contributed by atoms with Crippen molar-refractivity contribution in [3.05, 3.63) is 0 Å². The molecule has 5 nitrogen and oxygen atoms in total. The van der Waals surface area contributed by atoms with E-state index in [0.29, 0.717) is 12.0 Å². The molecule has 0 saturated carbocycles. The molecule has 124 valence electrons. The van der Waals surface area contributed by atoms with Crippen molar-refractivity contribution in [1.29, 1.82) is 0 Å². The Hall–Kier alpha value is -0.650. The van der Waals surface area contributed by atoms with Gasteiger partial charge in [0.1, 0.15) is 0 Å². The maximum absolute atomic E-state index is 12.0. The monoisotopic (exact) mass is 299 g/mol. The number of likely N-dealkylation sites (tertiary alicyclic amines) is 1. The standard InChI is InChI=1S/C16H33N3O2/c1-12(2)11-15(17)16(20)18-14-5-7-19(8-6-14)9-10-21-13(3)4/h12-15H,5-11,17H2,1-4H3,(H,18,20)/t15-/m0/s1. The first-order valence-electron chi connectivity index (χ1n) is 8.28. The molecule has 1 aliphatic rings. The topological polar surface area (TPSA) is 67.6 Å². The van der Waals surface area contributed by atoms with E-state index in [0.717, 1.165) is 45.5 Å². The highest BCUT2D eigenvalue weighted by Gasteiger charge is 2.23. The van der Waals surface area contributed by atoms with Crippen molar-refractivity contribution in [2.45, 2.75) is 65.1 Å². The van der Waals surface area contributed by atoms with Gasteiger partial charge in [0, 0.05) is 25.7 Å². The lowest BCUT2D eigenvalue weighted by molar-refractivity contribution is -0.123. The number of hydrogen-bond acceptors (Lipinski definition) is 4. The third-order valence-corrected chi connectivity index (χ3v) is 3.85. The summed E-state index contributed by atoms with van der Waals surface area (Å²) in [6.45, 7) is 12.1. The van der Waals surface area contributed by atoms with Crippen molar-refractivity contribution < 1.29 is 9.53 Å². The molecule has 0 spiro atoms. The van der Waals surface area contributed by atoms with Gasteiger partial charge in [-0.3, -0.25) is 4.79 Å². The fourth-order valence-corrected chi connectivity index (χ4v) is 2.64. The smallest absolute Gasteiger partial charge is 0.237 e. The molecule has 0 bridgehead atoms. The molecule has 0 aromatic heterocycles. The van der Waals surface area contributed by atoms with Crippen LogP contribution in [0.4, 0.5) is 0 Å². The molecule has 0 aromatic rings. The Morgan fingerprint density at radius 1 is 1.29 bits per heavy atom. The van der Waals surface area contributed by atoms with Crippen LogP contribution in [0.15, 0.2) is 0 Å². The highest BCUT2D eigenvalue weighted by molar-refractivity contribution is 5.81. The first kappa shape index (κ1) is 18.4. The van der Waals surface area contributed by atoms with Gasteiger partial charge < -0.3 is 20.7 Å². The van der Waals surface area contributed by atoms with E-state index < -0.39 is 0 Å². The zero-order chi connectivity index (χ0) is 15.8. The molecule has 3 N–H and O–H groups in total. The maximum atomic E-state index is 12.0. The number of rotatable bonds is 8. The highest BCUT2D eigenvalue weighted by Crippen LogP contribution is 2.11. The van der Waals surface area contributed by atoms with Gasteiger partial charge in [0.15, 0.2) is 0 Å². The minimum absolute atomic E-state index is 0.00490. The second kappa shape index (κ2) is 9.38. The molecule has 1 saturated heterocycles. The maximum Gasteiger partial charge on any atom is 0.237 e. The van der Waals surface area contributed by atoms with Gasteiger partial charge in [-0.15, -0.1) is 0 Å². The van der Waals surface area contributed by atoms with Crippen molar-refractivity contribution in [3.63, 3.8) is 0 Å². The Balaban J connectivity index is 2.19. The lowest BCUT2D eigenvalue weighted by atomic mass is 10.0. The highest BCUT2D eigenvalue weighted by atomic mass is 16.5. The first-order valence-corrected chi connectivity index (χ1v) is 8.28.